The maximum atomic E-state index is 13.1. The second-order valence-corrected chi connectivity index (χ2v) is 8.91. The zero-order valence-corrected chi connectivity index (χ0v) is 19.7. The Morgan fingerprint density at radius 1 is 1.14 bits per heavy atom. The number of nitrogens with zero attached hydrogens (tertiary/aromatic N) is 4. The molecule has 1 aliphatic carbocycles. The largest absolute Gasteiger partial charge is 0.417 e. The van der Waals surface area contributed by atoms with Crippen molar-refractivity contribution in [2.24, 2.45) is 0 Å². The minimum atomic E-state index is -4.63. The maximum absolute atomic E-state index is 13.1. The highest BCUT2D eigenvalue weighted by molar-refractivity contribution is 6.31. The summed E-state index contributed by atoms with van der Waals surface area (Å²) in [5.41, 5.74) is 2.23. The van der Waals surface area contributed by atoms with Crippen molar-refractivity contribution in [3.8, 4) is 0 Å². The summed E-state index contributed by atoms with van der Waals surface area (Å²) in [5.74, 6) is 0.150. The van der Waals surface area contributed by atoms with Crippen molar-refractivity contribution in [3.63, 3.8) is 0 Å². The number of hydrogen-bond donors (Lipinski definition) is 2. The molecule has 0 radical (unpaired) electrons. The van der Waals surface area contributed by atoms with E-state index in [1.165, 1.54) is 12.4 Å². The first-order chi connectivity index (χ1) is 17.2. The van der Waals surface area contributed by atoms with Crippen LogP contribution in [0.15, 0.2) is 49.1 Å². The minimum absolute atomic E-state index is 0.00503. The number of alkyl halides is 3. The zero-order chi connectivity index (χ0) is 25.4. The van der Waals surface area contributed by atoms with Gasteiger partial charge in [0.15, 0.2) is 17.0 Å². The van der Waals surface area contributed by atoms with Gasteiger partial charge in [0, 0.05) is 23.5 Å². The molecule has 1 fully saturated rings. The van der Waals surface area contributed by atoms with Crippen LogP contribution in [0.3, 0.4) is 0 Å². The highest BCUT2D eigenvalue weighted by Gasteiger charge is 2.33. The third-order valence-corrected chi connectivity index (χ3v) is 6.09. The fraction of sp³-hybridized carbons (Fsp3) is 0.200. The molecule has 7 nitrogen and oxygen atoms in total. The Labute approximate surface area is 209 Å². The molecular weight excluding hydrogens is 493 g/mol. The maximum Gasteiger partial charge on any atom is 0.417 e. The third-order valence-electron chi connectivity index (χ3n) is 5.76. The number of aromatic nitrogens is 4. The average Bonchev–Trinajstić information content (AvgIpc) is 3.55. The van der Waals surface area contributed by atoms with Gasteiger partial charge in [0.2, 0.25) is 0 Å². The van der Waals surface area contributed by atoms with Gasteiger partial charge in [-0.3, -0.25) is 9.36 Å². The predicted octanol–water partition coefficient (Wildman–Crippen LogP) is 6.26. The number of benzene rings is 2. The number of aryl methyl sites for hydroxylation is 1. The van der Waals surface area contributed by atoms with E-state index >= 15 is 0 Å². The third kappa shape index (κ3) is 5.03. The summed E-state index contributed by atoms with van der Waals surface area (Å²) in [6.45, 7) is 1.89. The van der Waals surface area contributed by atoms with Gasteiger partial charge >= 0.3 is 6.18 Å². The molecule has 2 heterocycles. The van der Waals surface area contributed by atoms with Crippen molar-refractivity contribution < 1.29 is 18.0 Å². The van der Waals surface area contributed by atoms with Crippen molar-refractivity contribution in [2.45, 2.75) is 32.0 Å². The molecule has 0 saturated heterocycles. The molecule has 0 bridgehead atoms. The Morgan fingerprint density at radius 2 is 1.94 bits per heavy atom. The average molecular weight is 513 g/mol. The van der Waals surface area contributed by atoms with Crippen LogP contribution in [-0.2, 0) is 6.18 Å². The number of halogens is 4. The van der Waals surface area contributed by atoms with Gasteiger partial charge in [-0.1, -0.05) is 17.7 Å². The van der Waals surface area contributed by atoms with Gasteiger partial charge in [-0.15, -0.1) is 0 Å². The highest BCUT2D eigenvalue weighted by atomic mass is 35.5. The molecule has 5 rings (SSSR count). The quantitative estimate of drug-likeness (QED) is 0.318. The number of amides is 1. The Hall–Kier alpha value is -3.92. The van der Waals surface area contributed by atoms with Gasteiger partial charge in [-0.2, -0.15) is 13.2 Å². The van der Waals surface area contributed by atoms with Crippen LogP contribution in [-0.4, -0.2) is 31.5 Å². The number of carbonyl (C=O) groups is 1. The number of fused-ring (bicyclic) bond motifs is 1. The SMILES string of the molecule is Cc1ccc(C(=O)Nc2ccc(Cl)c(C(F)(F)F)c2)cc1/C=C/n1cnc2c(NC3CC3)ncnc21. The van der Waals surface area contributed by atoms with Crippen molar-refractivity contribution >= 4 is 52.5 Å². The van der Waals surface area contributed by atoms with Crippen LogP contribution in [0, 0.1) is 6.92 Å². The van der Waals surface area contributed by atoms with Crippen LogP contribution >= 0.6 is 11.6 Å². The lowest BCUT2D eigenvalue weighted by molar-refractivity contribution is -0.137. The van der Waals surface area contributed by atoms with Crippen LogP contribution in [0.5, 0.6) is 0 Å². The summed E-state index contributed by atoms with van der Waals surface area (Å²) >= 11 is 5.66. The Balaban J connectivity index is 1.37. The van der Waals surface area contributed by atoms with E-state index in [9.17, 15) is 18.0 Å². The second kappa shape index (κ2) is 9.27. The zero-order valence-electron chi connectivity index (χ0n) is 19.0. The van der Waals surface area contributed by atoms with Crippen molar-refractivity contribution in [1.82, 2.24) is 19.5 Å². The number of nitrogens with one attached hydrogen (secondary N) is 2. The number of imidazole rings is 1. The lowest BCUT2D eigenvalue weighted by Gasteiger charge is -2.12. The predicted molar refractivity (Wildman–Crippen MR) is 133 cm³/mol. The summed E-state index contributed by atoms with van der Waals surface area (Å²) in [6.07, 6.45) is 4.30. The van der Waals surface area contributed by atoms with Gasteiger partial charge in [0.25, 0.3) is 5.91 Å². The van der Waals surface area contributed by atoms with Crippen LogP contribution in [0.1, 0.15) is 39.9 Å². The molecule has 11 heteroatoms. The van der Waals surface area contributed by atoms with E-state index in [1.54, 1.807) is 35.3 Å². The van der Waals surface area contributed by atoms with Crippen molar-refractivity contribution in [2.75, 3.05) is 10.6 Å². The molecule has 2 aromatic heterocycles. The van der Waals surface area contributed by atoms with Gasteiger partial charge in [-0.25, -0.2) is 15.0 Å². The molecule has 36 heavy (non-hydrogen) atoms. The number of hydrogen-bond acceptors (Lipinski definition) is 5. The molecule has 184 valence electrons. The van der Waals surface area contributed by atoms with E-state index in [2.05, 4.69) is 25.6 Å². The summed E-state index contributed by atoms with van der Waals surface area (Å²) in [4.78, 5) is 25.8. The summed E-state index contributed by atoms with van der Waals surface area (Å²) in [6, 6.07) is 8.70. The molecule has 2 aromatic carbocycles. The number of carbonyl (C=O) groups excluding carboxylic acids is 1. The molecule has 4 aromatic rings. The van der Waals surface area contributed by atoms with Crippen LogP contribution < -0.4 is 10.6 Å². The van der Waals surface area contributed by atoms with Gasteiger partial charge in [0.1, 0.15) is 12.7 Å². The molecule has 1 aliphatic rings. The van der Waals surface area contributed by atoms with E-state index in [0.29, 0.717) is 23.0 Å². The Bertz CT molecular complexity index is 1490. The molecule has 0 spiro atoms. The van der Waals surface area contributed by atoms with E-state index in [0.717, 1.165) is 36.1 Å². The van der Waals surface area contributed by atoms with Crippen LogP contribution in [0.25, 0.3) is 23.4 Å². The van der Waals surface area contributed by atoms with Gasteiger partial charge < -0.3 is 10.6 Å². The molecule has 1 amide bonds. The summed E-state index contributed by atoms with van der Waals surface area (Å²) in [5, 5.41) is 5.41. The number of anilines is 2. The van der Waals surface area contributed by atoms with Crippen molar-refractivity contribution in [1.29, 1.82) is 0 Å². The fourth-order valence-electron chi connectivity index (χ4n) is 3.63. The molecule has 0 unspecified atom stereocenters. The van der Waals surface area contributed by atoms with Gasteiger partial charge in [-0.05, 0) is 67.3 Å². The fourth-order valence-corrected chi connectivity index (χ4v) is 3.86. The summed E-state index contributed by atoms with van der Waals surface area (Å²) < 4.78 is 41.2. The monoisotopic (exact) mass is 512 g/mol. The Morgan fingerprint density at radius 3 is 2.69 bits per heavy atom. The smallest absolute Gasteiger partial charge is 0.365 e. The van der Waals surface area contributed by atoms with E-state index in [-0.39, 0.29) is 11.3 Å². The standard InChI is InChI=1S/C25H20ClF3N6O/c1-14-2-3-16(24(36)34-18-6-7-20(26)19(11-18)25(27,28)29)10-15(14)8-9-35-13-32-21-22(33-17-4-5-17)30-12-31-23(21)35/h2-3,6-13,17H,4-5H2,1H3,(H,34,36)(H,30,31,33)/b9-8+. The first kappa shape index (κ1) is 23.8. The molecular formula is C25H20ClF3N6O. The van der Waals surface area contributed by atoms with Crippen molar-refractivity contribution in [3.05, 3.63) is 76.3 Å². The highest BCUT2D eigenvalue weighted by Crippen LogP contribution is 2.36. The lowest BCUT2D eigenvalue weighted by atomic mass is 10.0. The van der Waals surface area contributed by atoms with E-state index < -0.39 is 22.7 Å². The number of rotatable bonds is 6. The van der Waals surface area contributed by atoms with Gasteiger partial charge in [0.05, 0.1) is 10.6 Å². The van der Waals surface area contributed by atoms with Crippen LogP contribution in [0.2, 0.25) is 5.02 Å². The topological polar surface area (TPSA) is 84.7 Å². The lowest BCUT2D eigenvalue weighted by Crippen LogP contribution is -2.13. The minimum Gasteiger partial charge on any atom is -0.365 e. The van der Waals surface area contributed by atoms with Crippen LogP contribution in [0.4, 0.5) is 24.7 Å². The Kier molecular flexibility index (Phi) is 6.13. The second-order valence-electron chi connectivity index (χ2n) is 8.50. The van der Waals surface area contributed by atoms with E-state index in [1.807, 2.05) is 13.0 Å². The first-order valence-corrected chi connectivity index (χ1v) is 11.5. The molecule has 1 saturated carbocycles. The molecule has 0 aliphatic heterocycles. The molecule has 0 atom stereocenters. The summed E-state index contributed by atoms with van der Waals surface area (Å²) in [7, 11) is 0. The first-order valence-electron chi connectivity index (χ1n) is 11.1. The van der Waals surface area contributed by atoms with E-state index in [4.69, 9.17) is 11.6 Å². The molecule has 2 N–H and O–H groups in total. The normalized spacial score (nSPS) is 13.9.